The third-order valence-electron chi connectivity index (χ3n) is 6.83. The lowest BCUT2D eigenvalue weighted by Crippen LogP contribution is -2.22. The number of hydrogen-bond acceptors (Lipinski definition) is 7. The van der Waals surface area contributed by atoms with E-state index in [-0.39, 0.29) is 18.0 Å². The lowest BCUT2D eigenvalue weighted by molar-refractivity contribution is -0.139. The van der Waals surface area contributed by atoms with Crippen LogP contribution in [0, 0.1) is 5.92 Å². The second kappa shape index (κ2) is 22.3. The highest BCUT2D eigenvalue weighted by Crippen LogP contribution is 2.15. The van der Waals surface area contributed by atoms with Crippen LogP contribution < -0.4 is 9.64 Å². The number of hydrogen-bond donors (Lipinski definition) is 0. The number of carbonyl (C=O) groups excluding carboxylic acids is 2. The molecule has 0 amide bonds. The molecule has 0 bridgehead atoms. The molecule has 0 aliphatic rings. The first-order valence-electron chi connectivity index (χ1n) is 15.3. The van der Waals surface area contributed by atoms with Gasteiger partial charge in [-0.15, -0.1) is 0 Å². The number of methoxy groups -OCH3 is 1. The van der Waals surface area contributed by atoms with Gasteiger partial charge in [-0.1, -0.05) is 65.0 Å². The average Bonchev–Trinajstić information content (AvgIpc) is 3.01. The van der Waals surface area contributed by atoms with Gasteiger partial charge in [-0.25, -0.2) is 9.59 Å². The number of rotatable bonds is 18. The van der Waals surface area contributed by atoms with E-state index in [0.29, 0.717) is 31.3 Å². The molecule has 2 rings (SSSR count). The van der Waals surface area contributed by atoms with Gasteiger partial charge in [0.1, 0.15) is 12.4 Å². The Kier molecular flexibility index (Phi) is 19.5. The van der Waals surface area contributed by atoms with E-state index in [9.17, 15) is 9.59 Å². The van der Waals surface area contributed by atoms with Crippen LogP contribution in [0.2, 0.25) is 0 Å². The van der Waals surface area contributed by atoms with Crippen LogP contribution in [0.15, 0.2) is 54.6 Å². The zero-order valence-electron chi connectivity index (χ0n) is 26.9. The van der Waals surface area contributed by atoms with Gasteiger partial charge in [-0.3, -0.25) is 0 Å². The summed E-state index contributed by atoms with van der Waals surface area (Å²) in [5.74, 6) is 0.710. The summed E-state index contributed by atoms with van der Waals surface area (Å²) in [5.41, 5.74) is 2.58. The van der Waals surface area contributed by atoms with E-state index >= 15 is 0 Å². The fraction of sp³-hybridized carbons (Fsp3) is 0.543. The molecule has 2 aromatic rings. The van der Waals surface area contributed by atoms with Crippen LogP contribution in [-0.4, -0.2) is 59.1 Å². The molecule has 0 aromatic heterocycles. The van der Waals surface area contributed by atoms with Gasteiger partial charge in [0.05, 0.1) is 25.4 Å². The second-order valence-electron chi connectivity index (χ2n) is 10.4. The van der Waals surface area contributed by atoms with Crippen molar-refractivity contribution in [1.82, 2.24) is 0 Å². The highest BCUT2D eigenvalue weighted by atomic mass is 16.6. The van der Waals surface area contributed by atoms with Gasteiger partial charge < -0.3 is 23.8 Å². The molecule has 2 unspecified atom stereocenters. The van der Waals surface area contributed by atoms with Gasteiger partial charge in [-0.2, -0.15) is 0 Å². The first-order valence-corrected chi connectivity index (χ1v) is 15.3. The average molecular weight is 584 g/mol. The number of ether oxygens (including phenoxy) is 4. The van der Waals surface area contributed by atoms with Crippen molar-refractivity contribution in [3.05, 3.63) is 65.7 Å². The molecule has 7 nitrogen and oxygen atoms in total. The number of unbranched alkanes of at least 4 members (excludes halogenated alkanes) is 2. The van der Waals surface area contributed by atoms with E-state index in [4.69, 9.17) is 18.9 Å². The third-order valence-corrected chi connectivity index (χ3v) is 6.83. The quantitative estimate of drug-likeness (QED) is 0.130. The number of anilines is 1. The predicted molar refractivity (Wildman–Crippen MR) is 172 cm³/mol. The van der Waals surface area contributed by atoms with Crippen molar-refractivity contribution in [2.24, 2.45) is 5.92 Å². The van der Waals surface area contributed by atoms with Crippen molar-refractivity contribution in [1.29, 1.82) is 0 Å². The summed E-state index contributed by atoms with van der Waals surface area (Å²) in [6.07, 6.45) is 10.9. The number of esters is 2. The molecule has 0 N–H and O–H groups in total. The molecule has 2 aromatic carbocycles. The smallest absolute Gasteiger partial charge is 0.338 e. The zero-order valence-corrected chi connectivity index (χ0v) is 26.9. The van der Waals surface area contributed by atoms with Crippen molar-refractivity contribution in [2.45, 2.75) is 78.7 Å². The SMILES string of the molecule is CCCCC(CC)COC(=O)C=Cc1ccc(OC)cc1.CCCCC(COC(=O)c1ccc(N(C)C)cc1)OCC. The van der Waals surface area contributed by atoms with Gasteiger partial charge in [0.2, 0.25) is 0 Å². The fourth-order valence-electron chi connectivity index (χ4n) is 4.06. The molecule has 0 heterocycles. The molecular weight excluding hydrogens is 530 g/mol. The predicted octanol–water partition coefficient (Wildman–Crippen LogP) is 7.97. The largest absolute Gasteiger partial charge is 0.497 e. The van der Waals surface area contributed by atoms with E-state index in [0.717, 1.165) is 49.1 Å². The van der Waals surface area contributed by atoms with Crippen LogP contribution in [0.4, 0.5) is 5.69 Å². The van der Waals surface area contributed by atoms with Gasteiger partial charge >= 0.3 is 11.9 Å². The van der Waals surface area contributed by atoms with Gasteiger partial charge in [0, 0.05) is 32.5 Å². The molecule has 0 aliphatic heterocycles. The minimum atomic E-state index is -0.290. The number of benzene rings is 2. The highest BCUT2D eigenvalue weighted by Gasteiger charge is 2.13. The van der Waals surface area contributed by atoms with Gasteiger partial charge in [-0.05, 0) is 73.7 Å². The minimum absolute atomic E-state index is 0.0000478. The van der Waals surface area contributed by atoms with Crippen molar-refractivity contribution in [3.63, 3.8) is 0 Å². The Morgan fingerprint density at radius 1 is 0.833 bits per heavy atom. The van der Waals surface area contributed by atoms with Crippen LogP contribution in [-0.2, 0) is 19.0 Å². The summed E-state index contributed by atoms with van der Waals surface area (Å²) in [4.78, 5) is 25.7. The molecule has 0 radical (unpaired) electrons. The molecule has 42 heavy (non-hydrogen) atoms. The standard InChI is InChI=1S/C18H26O3.C17H27NO3/c1-4-6-7-15(5-2)14-21-18(19)13-10-16-8-11-17(20-3)12-9-16;1-5-7-8-16(20-6-2)13-21-17(19)14-9-11-15(12-10-14)18(3)4/h8-13,15H,4-7,14H2,1-3H3;9-12,16H,5-8,13H2,1-4H3. The first-order chi connectivity index (χ1) is 20.3. The maximum absolute atomic E-state index is 12.0. The van der Waals surface area contributed by atoms with Crippen molar-refractivity contribution in [3.8, 4) is 5.75 Å². The molecule has 0 fully saturated rings. The second-order valence-corrected chi connectivity index (χ2v) is 10.4. The summed E-state index contributed by atoms with van der Waals surface area (Å²) in [6, 6.07) is 14.9. The summed E-state index contributed by atoms with van der Waals surface area (Å²) in [5, 5.41) is 0. The monoisotopic (exact) mass is 583 g/mol. The van der Waals surface area contributed by atoms with Crippen LogP contribution in [0.3, 0.4) is 0 Å². The van der Waals surface area contributed by atoms with E-state index in [1.807, 2.05) is 62.3 Å². The van der Waals surface area contributed by atoms with Crippen LogP contribution in [0.25, 0.3) is 6.08 Å². The van der Waals surface area contributed by atoms with Crippen LogP contribution in [0.1, 0.15) is 88.6 Å². The van der Waals surface area contributed by atoms with Crippen molar-refractivity contribution < 1.29 is 28.5 Å². The van der Waals surface area contributed by atoms with E-state index in [2.05, 4.69) is 20.8 Å². The molecule has 0 saturated heterocycles. The normalized spacial score (nSPS) is 12.2. The molecular formula is C35H53NO6. The Balaban J connectivity index is 0.000000420. The topological polar surface area (TPSA) is 74.3 Å². The maximum Gasteiger partial charge on any atom is 0.338 e. The lowest BCUT2D eigenvalue weighted by atomic mass is 10.0. The third kappa shape index (κ3) is 15.6. The van der Waals surface area contributed by atoms with E-state index in [1.54, 1.807) is 25.3 Å². The summed E-state index contributed by atoms with van der Waals surface area (Å²) >= 11 is 0. The summed E-state index contributed by atoms with van der Waals surface area (Å²) in [7, 11) is 5.56. The van der Waals surface area contributed by atoms with Gasteiger partial charge in [0.25, 0.3) is 0 Å². The lowest BCUT2D eigenvalue weighted by Gasteiger charge is -2.17. The van der Waals surface area contributed by atoms with E-state index in [1.165, 1.54) is 18.9 Å². The summed E-state index contributed by atoms with van der Waals surface area (Å²) in [6.45, 7) is 9.90. The van der Waals surface area contributed by atoms with Crippen LogP contribution >= 0.6 is 0 Å². The van der Waals surface area contributed by atoms with E-state index < -0.39 is 0 Å². The molecule has 234 valence electrons. The highest BCUT2D eigenvalue weighted by molar-refractivity contribution is 5.89. The van der Waals surface area contributed by atoms with Crippen molar-refractivity contribution >= 4 is 23.7 Å². The Hall–Kier alpha value is -3.32. The summed E-state index contributed by atoms with van der Waals surface area (Å²) < 4.78 is 21.4. The number of nitrogens with zero attached hydrogens (tertiary/aromatic N) is 1. The zero-order chi connectivity index (χ0) is 31.2. The molecule has 2 atom stereocenters. The first kappa shape index (κ1) is 36.7. The van der Waals surface area contributed by atoms with Crippen molar-refractivity contribution in [2.75, 3.05) is 45.9 Å². The maximum atomic E-state index is 12.0. The minimum Gasteiger partial charge on any atom is -0.497 e. The molecule has 0 spiro atoms. The molecule has 0 saturated carbocycles. The van der Waals surface area contributed by atoms with Crippen LogP contribution in [0.5, 0.6) is 5.75 Å². The fourth-order valence-corrected chi connectivity index (χ4v) is 4.06. The Bertz CT molecular complexity index is 1020. The number of carbonyl (C=O) groups is 2. The molecule has 0 aliphatic carbocycles. The Labute approximate surface area is 254 Å². The molecule has 7 heteroatoms. The van der Waals surface area contributed by atoms with Gasteiger partial charge in [0.15, 0.2) is 0 Å². The Morgan fingerprint density at radius 2 is 1.48 bits per heavy atom. The Morgan fingerprint density at radius 3 is 2.02 bits per heavy atom.